The van der Waals surface area contributed by atoms with Gasteiger partial charge in [0.1, 0.15) is 5.82 Å². The first-order chi connectivity index (χ1) is 7.63. The van der Waals surface area contributed by atoms with Crippen molar-refractivity contribution in [2.24, 2.45) is 0 Å². The Bertz CT molecular complexity index is 426. The van der Waals surface area contributed by atoms with Crippen LogP contribution in [0.2, 0.25) is 0 Å². The van der Waals surface area contributed by atoms with E-state index < -0.39 is 0 Å². The Morgan fingerprint density at radius 1 is 1.62 bits per heavy atom. The summed E-state index contributed by atoms with van der Waals surface area (Å²) in [5.41, 5.74) is 0.828. The van der Waals surface area contributed by atoms with Gasteiger partial charge in [0.2, 0.25) is 5.91 Å². The van der Waals surface area contributed by atoms with Crippen LogP contribution in [0, 0.1) is 19.3 Å². The van der Waals surface area contributed by atoms with E-state index in [2.05, 4.69) is 37.5 Å². The van der Waals surface area contributed by atoms with E-state index >= 15 is 0 Å². The van der Waals surface area contributed by atoms with Crippen molar-refractivity contribution in [3.63, 3.8) is 0 Å². The van der Waals surface area contributed by atoms with Gasteiger partial charge in [0, 0.05) is 4.47 Å². The number of carbonyl (C=O) groups excluding carboxylic acids is 1. The second-order valence-corrected chi connectivity index (χ2v) is 3.97. The number of rotatable bonds is 4. The summed E-state index contributed by atoms with van der Waals surface area (Å²) in [5.74, 6) is 2.76. The number of amides is 1. The van der Waals surface area contributed by atoms with Crippen molar-refractivity contribution in [3.8, 4) is 12.3 Å². The van der Waals surface area contributed by atoms with Gasteiger partial charge < -0.3 is 5.32 Å². The highest BCUT2D eigenvalue weighted by molar-refractivity contribution is 9.10. The number of terminal acetylenes is 1. The lowest BCUT2D eigenvalue weighted by molar-refractivity contribution is -0.115. The summed E-state index contributed by atoms with van der Waals surface area (Å²) >= 11 is 3.34. The number of carbonyl (C=O) groups is 1. The van der Waals surface area contributed by atoms with Crippen LogP contribution in [0.4, 0.5) is 5.82 Å². The van der Waals surface area contributed by atoms with E-state index in [-0.39, 0.29) is 12.5 Å². The van der Waals surface area contributed by atoms with Crippen molar-refractivity contribution >= 4 is 27.7 Å². The van der Waals surface area contributed by atoms with E-state index in [1.807, 2.05) is 13.0 Å². The molecule has 0 saturated heterocycles. The molecule has 0 aliphatic rings. The number of pyridine rings is 1. The molecule has 1 rings (SSSR count). The lowest BCUT2D eigenvalue weighted by Gasteiger charge is -2.05. The molecular weight excluding hydrogens is 270 g/mol. The number of nitrogens with one attached hydrogen (secondary N) is 2. The second kappa shape index (κ2) is 6.26. The van der Waals surface area contributed by atoms with Crippen LogP contribution in [-0.2, 0) is 4.79 Å². The minimum atomic E-state index is -0.163. The summed E-state index contributed by atoms with van der Waals surface area (Å²) in [5, 5.41) is 5.46. The van der Waals surface area contributed by atoms with Crippen LogP contribution >= 0.6 is 15.9 Å². The maximum absolute atomic E-state index is 11.4. The third-order valence-corrected chi connectivity index (χ3v) is 2.64. The molecule has 0 radical (unpaired) electrons. The first kappa shape index (κ1) is 12.7. The molecular formula is C11H12BrN3O. The van der Waals surface area contributed by atoms with Crippen LogP contribution < -0.4 is 10.6 Å². The van der Waals surface area contributed by atoms with Gasteiger partial charge in [-0.2, -0.15) is 0 Å². The van der Waals surface area contributed by atoms with Crippen LogP contribution in [0.1, 0.15) is 5.69 Å². The van der Waals surface area contributed by atoms with E-state index in [4.69, 9.17) is 6.42 Å². The summed E-state index contributed by atoms with van der Waals surface area (Å²) < 4.78 is 0.913. The van der Waals surface area contributed by atoms with E-state index in [1.165, 1.54) is 0 Å². The molecule has 0 aliphatic carbocycles. The minimum Gasteiger partial charge on any atom is -0.310 e. The standard InChI is InChI=1S/C11H12BrN3O/c1-3-6-13-7-11(16)15-10-5-4-9(12)8(2)14-10/h1,4-5,13H,6-7H2,2H3,(H,14,15,16). The van der Waals surface area contributed by atoms with Gasteiger partial charge in [0.25, 0.3) is 0 Å². The molecule has 0 aliphatic heterocycles. The first-order valence-corrected chi connectivity index (χ1v) is 5.50. The van der Waals surface area contributed by atoms with Gasteiger partial charge in [-0.25, -0.2) is 4.98 Å². The largest absolute Gasteiger partial charge is 0.310 e. The fourth-order valence-corrected chi connectivity index (χ4v) is 1.27. The first-order valence-electron chi connectivity index (χ1n) is 4.70. The summed E-state index contributed by atoms with van der Waals surface area (Å²) in [4.78, 5) is 15.6. The number of aryl methyl sites for hydroxylation is 1. The Labute approximate surface area is 103 Å². The molecule has 0 fully saturated rings. The van der Waals surface area contributed by atoms with Gasteiger partial charge in [-0.3, -0.25) is 10.1 Å². The van der Waals surface area contributed by atoms with Gasteiger partial charge in [-0.1, -0.05) is 5.92 Å². The summed E-state index contributed by atoms with van der Waals surface area (Å²) in [6, 6.07) is 3.57. The Balaban J connectivity index is 2.50. The molecule has 0 aromatic carbocycles. The Kier molecular flexibility index (Phi) is 4.96. The number of anilines is 1. The Morgan fingerprint density at radius 2 is 2.38 bits per heavy atom. The zero-order chi connectivity index (χ0) is 12.0. The predicted molar refractivity (Wildman–Crippen MR) is 67.0 cm³/mol. The van der Waals surface area contributed by atoms with Gasteiger partial charge in [0.05, 0.1) is 18.8 Å². The zero-order valence-corrected chi connectivity index (χ0v) is 10.5. The highest BCUT2D eigenvalue weighted by Crippen LogP contribution is 2.15. The topological polar surface area (TPSA) is 54.0 Å². The van der Waals surface area contributed by atoms with Gasteiger partial charge >= 0.3 is 0 Å². The van der Waals surface area contributed by atoms with Crippen molar-refractivity contribution in [1.82, 2.24) is 10.3 Å². The monoisotopic (exact) mass is 281 g/mol. The van der Waals surface area contributed by atoms with E-state index in [1.54, 1.807) is 6.07 Å². The molecule has 0 spiro atoms. The van der Waals surface area contributed by atoms with Gasteiger partial charge in [-0.15, -0.1) is 6.42 Å². The molecule has 0 atom stereocenters. The second-order valence-electron chi connectivity index (χ2n) is 3.12. The Hall–Kier alpha value is -1.38. The number of aromatic nitrogens is 1. The number of hydrogen-bond donors (Lipinski definition) is 2. The van der Waals surface area contributed by atoms with Crippen molar-refractivity contribution in [2.75, 3.05) is 18.4 Å². The number of hydrogen-bond acceptors (Lipinski definition) is 3. The van der Waals surface area contributed by atoms with Crippen LogP contribution in [0.3, 0.4) is 0 Å². The Morgan fingerprint density at radius 3 is 3.00 bits per heavy atom. The SMILES string of the molecule is C#CCNCC(=O)Nc1ccc(Br)c(C)n1. The van der Waals surface area contributed by atoms with Crippen molar-refractivity contribution in [3.05, 3.63) is 22.3 Å². The lowest BCUT2D eigenvalue weighted by atomic mass is 10.3. The molecule has 84 valence electrons. The normalized spacial score (nSPS) is 9.56. The van der Waals surface area contributed by atoms with Gasteiger partial charge in [0.15, 0.2) is 0 Å². The number of halogens is 1. The molecule has 4 nitrogen and oxygen atoms in total. The van der Waals surface area contributed by atoms with Gasteiger partial charge in [-0.05, 0) is 35.0 Å². The third-order valence-electron chi connectivity index (χ3n) is 1.80. The molecule has 0 saturated carbocycles. The maximum Gasteiger partial charge on any atom is 0.239 e. The highest BCUT2D eigenvalue weighted by atomic mass is 79.9. The molecule has 1 heterocycles. The minimum absolute atomic E-state index is 0.163. The summed E-state index contributed by atoms with van der Waals surface area (Å²) in [6.45, 7) is 2.41. The van der Waals surface area contributed by atoms with Crippen LogP contribution in [0.15, 0.2) is 16.6 Å². The summed E-state index contributed by atoms with van der Waals surface area (Å²) in [6.07, 6.45) is 5.04. The van der Waals surface area contributed by atoms with Crippen molar-refractivity contribution in [2.45, 2.75) is 6.92 Å². The molecule has 5 heteroatoms. The lowest BCUT2D eigenvalue weighted by Crippen LogP contribution is -2.28. The zero-order valence-electron chi connectivity index (χ0n) is 8.88. The van der Waals surface area contributed by atoms with Crippen LogP contribution in [0.5, 0.6) is 0 Å². The van der Waals surface area contributed by atoms with E-state index in [0.29, 0.717) is 12.4 Å². The van der Waals surface area contributed by atoms with Crippen molar-refractivity contribution < 1.29 is 4.79 Å². The maximum atomic E-state index is 11.4. The molecule has 2 N–H and O–H groups in total. The number of nitrogens with zero attached hydrogens (tertiary/aromatic N) is 1. The highest BCUT2D eigenvalue weighted by Gasteiger charge is 2.03. The third kappa shape index (κ3) is 4.01. The quantitative estimate of drug-likeness (QED) is 0.647. The molecule has 0 unspecified atom stereocenters. The van der Waals surface area contributed by atoms with Crippen LogP contribution in [0.25, 0.3) is 0 Å². The predicted octanol–water partition coefficient (Wildman–Crippen LogP) is 1.31. The smallest absolute Gasteiger partial charge is 0.239 e. The molecule has 1 amide bonds. The molecule has 1 aromatic heterocycles. The molecule has 1 aromatic rings. The molecule has 0 bridgehead atoms. The van der Waals surface area contributed by atoms with E-state index in [0.717, 1.165) is 10.2 Å². The fraction of sp³-hybridized carbons (Fsp3) is 0.273. The summed E-state index contributed by atoms with van der Waals surface area (Å²) in [7, 11) is 0. The molecule has 16 heavy (non-hydrogen) atoms. The fourth-order valence-electron chi connectivity index (χ4n) is 1.05. The average molecular weight is 282 g/mol. The average Bonchev–Trinajstić information content (AvgIpc) is 2.24. The van der Waals surface area contributed by atoms with Crippen LogP contribution in [-0.4, -0.2) is 24.0 Å². The van der Waals surface area contributed by atoms with E-state index in [9.17, 15) is 4.79 Å². The van der Waals surface area contributed by atoms with Crippen molar-refractivity contribution in [1.29, 1.82) is 0 Å².